The summed E-state index contributed by atoms with van der Waals surface area (Å²) in [5, 5.41) is 0. The lowest BCUT2D eigenvalue weighted by atomic mass is 10.1. The van der Waals surface area contributed by atoms with Gasteiger partial charge in [-0.1, -0.05) is 26.0 Å². The highest BCUT2D eigenvalue weighted by atomic mass is 16.2. The fraction of sp³-hybridized carbons (Fsp3) is 0.632. The highest BCUT2D eigenvalue weighted by Gasteiger charge is 2.38. The number of carbonyl (C=O) groups excluding carboxylic acids is 3. The van der Waals surface area contributed by atoms with Crippen LogP contribution in [-0.4, -0.2) is 72.2 Å². The van der Waals surface area contributed by atoms with E-state index < -0.39 is 6.04 Å². The van der Waals surface area contributed by atoms with Gasteiger partial charge in [-0.2, -0.15) is 0 Å². The zero-order chi connectivity index (χ0) is 19.1. The number of likely N-dealkylation sites (N-methyl/N-ethyl adjacent to an activating group) is 1. The van der Waals surface area contributed by atoms with Crippen molar-refractivity contribution in [2.24, 2.45) is 0 Å². The first-order valence-electron chi connectivity index (χ1n) is 8.89. The lowest BCUT2D eigenvalue weighted by molar-refractivity contribution is -0.148. The normalized spacial score (nSPS) is 19.0. The summed E-state index contributed by atoms with van der Waals surface area (Å²) in [6.45, 7) is 8.55. The van der Waals surface area contributed by atoms with Gasteiger partial charge in [-0.15, -0.1) is 0 Å². The van der Waals surface area contributed by atoms with E-state index in [-0.39, 0.29) is 24.3 Å². The van der Waals surface area contributed by atoms with E-state index in [0.717, 1.165) is 12.8 Å². The number of hydrogen-bond donors (Lipinski definition) is 0. The predicted molar refractivity (Wildman–Crippen MR) is 98.9 cm³/mol. The van der Waals surface area contributed by atoms with Crippen molar-refractivity contribution in [2.75, 3.05) is 33.7 Å². The molecule has 1 unspecified atom stereocenters. The Kier molecular flexibility index (Phi) is 7.87. The zero-order valence-corrected chi connectivity index (χ0v) is 16.3. The van der Waals surface area contributed by atoms with E-state index in [1.165, 1.54) is 4.90 Å². The Morgan fingerprint density at radius 3 is 1.96 bits per heavy atom. The third kappa shape index (κ3) is 5.18. The molecule has 1 fully saturated rings. The smallest absolute Gasteiger partial charge is 0.249 e. The monoisotopic (exact) mass is 349 g/mol. The second-order valence-corrected chi connectivity index (χ2v) is 6.59. The molecule has 0 N–H and O–H groups in total. The number of hydrogen-bond acceptors (Lipinski definition) is 3. The standard InChI is InChI=1S/C19H31N3O3/c1-7-9-14(3)17(23)21-11-12-22(18(24)15(4)10-8-2)16(13-21)19(25)20(5)6/h9-10,16H,7-8,11-13H2,1-6H3/b14-9+,15-10+. The van der Waals surface area contributed by atoms with Gasteiger partial charge in [0, 0.05) is 38.3 Å². The number of nitrogens with zero attached hydrogens (tertiary/aromatic N) is 3. The van der Waals surface area contributed by atoms with Gasteiger partial charge in [-0.3, -0.25) is 14.4 Å². The molecule has 140 valence electrons. The van der Waals surface area contributed by atoms with Gasteiger partial charge in [0.1, 0.15) is 6.04 Å². The Morgan fingerprint density at radius 1 is 0.960 bits per heavy atom. The largest absolute Gasteiger partial charge is 0.347 e. The van der Waals surface area contributed by atoms with Crippen molar-refractivity contribution in [1.82, 2.24) is 14.7 Å². The van der Waals surface area contributed by atoms with Gasteiger partial charge in [-0.25, -0.2) is 0 Å². The molecule has 0 aromatic carbocycles. The van der Waals surface area contributed by atoms with E-state index in [4.69, 9.17) is 0 Å². The molecular formula is C19H31N3O3. The number of amides is 3. The van der Waals surface area contributed by atoms with E-state index in [2.05, 4.69) is 0 Å². The van der Waals surface area contributed by atoms with Crippen LogP contribution in [0.4, 0.5) is 0 Å². The maximum Gasteiger partial charge on any atom is 0.249 e. The zero-order valence-electron chi connectivity index (χ0n) is 16.3. The molecule has 6 heteroatoms. The van der Waals surface area contributed by atoms with Crippen molar-refractivity contribution in [3.05, 3.63) is 23.3 Å². The van der Waals surface area contributed by atoms with Crippen molar-refractivity contribution >= 4 is 17.7 Å². The molecule has 1 saturated heterocycles. The van der Waals surface area contributed by atoms with Gasteiger partial charge < -0.3 is 14.7 Å². The average Bonchev–Trinajstić information content (AvgIpc) is 2.59. The van der Waals surface area contributed by atoms with Crippen LogP contribution in [-0.2, 0) is 14.4 Å². The van der Waals surface area contributed by atoms with E-state index in [1.54, 1.807) is 37.7 Å². The van der Waals surface area contributed by atoms with Crippen LogP contribution >= 0.6 is 0 Å². The Morgan fingerprint density at radius 2 is 1.48 bits per heavy atom. The van der Waals surface area contributed by atoms with Gasteiger partial charge >= 0.3 is 0 Å². The molecule has 1 heterocycles. The van der Waals surface area contributed by atoms with Crippen molar-refractivity contribution in [1.29, 1.82) is 0 Å². The molecule has 1 aliphatic rings. The molecule has 0 saturated carbocycles. The van der Waals surface area contributed by atoms with Crippen LogP contribution in [0.15, 0.2) is 23.3 Å². The van der Waals surface area contributed by atoms with Crippen LogP contribution in [0.25, 0.3) is 0 Å². The molecule has 1 atom stereocenters. The summed E-state index contributed by atoms with van der Waals surface area (Å²) < 4.78 is 0. The summed E-state index contributed by atoms with van der Waals surface area (Å²) in [5.41, 5.74) is 1.32. The Labute approximate surface area is 151 Å². The maximum atomic E-state index is 12.7. The molecule has 0 radical (unpaired) electrons. The van der Waals surface area contributed by atoms with Crippen LogP contribution in [0.5, 0.6) is 0 Å². The summed E-state index contributed by atoms with van der Waals surface area (Å²) in [6, 6.07) is -0.644. The van der Waals surface area contributed by atoms with E-state index >= 15 is 0 Å². The van der Waals surface area contributed by atoms with Crippen LogP contribution in [0, 0.1) is 0 Å². The molecule has 0 aliphatic carbocycles. The number of allylic oxidation sites excluding steroid dienone is 2. The lowest BCUT2D eigenvalue weighted by Crippen LogP contribution is -2.61. The van der Waals surface area contributed by atoms with Gasteiger partial charge in [0.2, 0.25) is 17.7 Å². The fourth-order valence-corrected chi connectivity index (χ4v) is 2.98. The highest BCUT2D eigenvalue weighted by Crippen LogP contribution is 2.17. The minimum Gasteiger partial charge on any atom is -0.347 e. The number of rotatable bonds is 5. The Bertz CT molecular complexity index is 578. The minimum atomic E-state index is -0.644. The van der Waals surface area contributed by atoms with Crippen molar-refractivity contribution in [2.45, 2.75) is 46.6 Å². The Hall–Kier alpha value is -2.11. The number of carbonyl (C=O) groups is 3. The molecule has 0 aromatic rings. The molecule has 0 aromatic heterocycles. The lowest BCUT2D eigenvalue weighted by Gasteiger charge is -2.41. The first-order chi connectivity index (χ1) is 11.7. The number of piperazine rings is 1. The predicted octanol–water partition coefficient (Wildman–Crippen LogP) is 1.83. The Balaban J connectivity index is 3.06. The van der Waals surface area contributed by atoms with Gasteiger partial charge in [-0.05, 0) is 26.7 Å². The van der Waals surface area contributed by atoms with Crippen LogP contribution in [0.3, 0.4) is 0 Å². The molecule has 0 bridgehead atoms. The minimum absolute atomic E-state index is 0.0636. The summed E-state index contributed by atoms with van der Waals surface area (Å²) in [6.07, 6.45) is 5.31. The molecule has 0 spiro atoms. The van der Waals surface area contributed by atoms with E-state index in [0.29, 0.717) is 24.2 Å². The van der Waals surface area contributed by atoms with Gasteiger partial charge in [0.05, 0.1) is 6.54 Å². The van der Waals surface area contributed by atoms with Gasteiger partial charge in [0.15, 0.2) is 0 Å². The van der Waals surface area contributed by atoms with Crippen molar-refractivity contribution in [3.63, 3.8) is 0 Å². The fourth-order valence-electron chi connectivity index (χ4n) is 2.98. The quantitative estimate of drug-likeness (QED) is 0.712. The molecule has 1 aliphatic heterocycles. The summed E-state index contributed by atoms with van der Waals surface area (Å²) in [7, 11) is 3.34. The van der Waals surface area contributed by atoms with Gasteiger partial charge in [0.25, 0.3) is 0 Å². The SMILES string of the molecule is CC/C=C(\C)C(=O)N1CCN(C(=O)/C(C)=C/CC)C(C(=O)N(C)C)C1. The maximum absolute atomic E-state index is 12.7. The molecule has 25 heavy (non-hydrogen) atoms. The third-order valence-electron chi connectivity index (χ3n) is 4.35. The molecule has 6 nitrogen and oxygen atoms in total. The van der Waals surface area contributed by atoms with Crippen molar-refractivity contribution in [3.8, 4) is 0 Å². The van der Waals surface area contributed by atoms with E-state index in [9.17, 15) is 14.4 Å². The summed E-state index contributed by atoms with van der Waals surface area (Å²) in [5.74, 6) is -0.353. The third-order valence-corrected chi connectivity index (χ3v) is 4.35. The molecule has 1 rings (SSSR count). The second kappa shape index (κ2) is 9.39. The van der Waals surface area contributed by atoms with Crippen LogP contribution in [0.1, 0.15) is 40.5 Å². The molecule has 3 amide bonds. The highest BCUT2D eigenvalue weighted by molar-refractivity contribution is 5.98. The van der Waals surface area contributed by atoms with E-state index in [1.807, 2.05) is 26.0 Å². The van der Waals surface area contributed by atoms with Crippen LogP contribution in [0.2, 0.25) is 0 Å². The first-order valence-corrected chi connectivity index (χ1v) is 8.89. The second-order valence-electron chi connectivity index (χ2n) is 6.59. The molecular weight excluding hydrogens is 318 g/mol. The summed E-state index contributed by atoms with van der Waals surface area (Å²) in [4.78, 5) is 42.6. The van der Waals surface area contributed by atoms with Crippen LogP contribution < -0.4 is 0 Å². The first kappa shape index (κ1) is 20.9. The summed E-state index contributed by atoms with van der Waals surface area (Å²) >= 11 is 0. The topological polar surface area (TPSA) is 60.9 Å². The van der Waals surface area contributed by atoms with Crippen molar-refractivity contribution < 1.29 is 14.4 Å². The average molecular weight is 349 g/mol.